The predicted molar refractivity (Wildman–Crippen MR) is 54.3 cm³/mol. The molecule has 0 spiro atoms. The first-order valence-corrected chi connectivity index (χ1v) is 4.75. The molecule has 0 unspecified atom stereocenters. The number of halogens is 1. The Kier molecular flexibility index (Phi) is 2.19. The lowest BCUT2D eigenvalue weighted by molar-refractivity contribution is -0.865. The molecule has 0 aliphatic rings. The molecule has 0 amide bonds. The van der Waals surface area contributed by atoms with Crippen LogP contribution < -0.4 is 9.57 Å². The molecular weight excluding hydrogens is 230 g/mol. The summed E-state index contributed by atoms with van der Waals surface area (Å²) in [5.74, 6) is 0. The highest BCUT2D eigenvalue weighted by Gasteiger charge is 2.07. The molecular formula is C10H9BrNO+. The third-order valence-electron chi connectivity index (χ3n) is 1.92. The summed E-state index contributed by atoms with van der Waals surface area (Å²) >= 11 is 3.43. The smallest absolute Gasteiger partial charge is 0.264 e. The molecule has 2 nitrogen and oxygen atoms in total. The predicted octanol–water partition coefficient (Wildman–Crippen LogP) is 1.95. The van der Waals surface area contributed by atoms with Crippen molar-refractivity contribution in [3.63, 3.8) is 0 Å². The molecule has 1 aromatic heterocycles. The van der Waals surface area contributed by atoms with Gasteiger partial charge in [-0.3, -0.25) is 4.84 Å². The molecule has 2 rings (SSSR count). The summed E-state index contributed by atoms with van der Waals surface area (Å²) < 4.78 is 2.82. The third kappa shape index (κ3) is 1.52. The molecule has 66 valence electrons. The van der Waals surface area contributed by atoms with Gasteiger partial charge in [0, 0.05) is 21.3 Å². The van der Waals surface area contributed by atoms with Crippen molar-refractivity contribution in [1.82, 2.24) is 0 Å². The summed E-state index contributed by atoms with van der Waals surface area (Å²) in [5, 5.41) is 1.15. The van der Waals surface area contributed by atoms with E-state index in [1.54, 1.807) is 11.8 Å². The highest BCUT2D eigenvalue weighted by atomic mass is 79.9. The standard InChI is InChI=1S/C10H9BrNO/c1-13-12-6-2-3-8-7-9(11)4-5-10(8)12/h2-7H,1H3/q+1. The van der Waals surface area contributed by atoms with E-state index < -0.39 is 0 Å². The molecule has 0 saturated carbocycles. The normalized spacial score (nSPS) is 10.3. The fourth-order valence-corrected chi connectivity index (χ4v) is 1.70. The van der Waals surface area contributed by atoms with Gasteiger partial charge in [0.2, 0.25) is 6.20 Å². The van der Waals surface area contributed by atoms with Crippen molar-refractivity contribution in [3.05, 3.63) is 41.0 Å². The van der Waals surface area contributed by atoms with E-state index in [9.17, 15) is 0 Å². The van der Waals surface area contributed by atoms with Crippen LogP contribution in [0.5, 0.6) is 0 Å². The quantitative estimate of drug-likeness (QED) is 0.693. The Hall–Kier alpha value is -1.09. The summed E-state index contributed by atoms with van der Waals surface area (Å²) in [6, 6.07) is 10.1. The largest absolute Gasteiger partial charge is 0.274 e. The van der Waals surface area contributed by atoms with Gasteiger partial charge in [0.25, 0.3) is 5.52 Å². The van der Waals surface area contributed by atoms with Crippen LogP contribution in [0.2, 0.25) is 0 Å². The second kappa shape index (κ2) is 3.34. The van der Waals surface area contributed by atoms with E-state index in [4.69, 9.17) is 4.84 Å². The van der Waals surface area contributed by atoms with Crippen molar-refractivity contribution in [2.24, 2.45) is 0 Å². The van der Waals surface area contributed by atoms with E-state index >= 15 is 0 Å². The summed E-state index contributed by atoms with van der Waals surface area (Å²) in [4.78, 5) is 5.17. The van der Waals surface area contributed by atoms with Gasteiger partial charge in [0.05, 0.1) is 5.39 Å². The van der Waals surface area contributed by atoms with Crippen molar-refractivity contribution in [1.29, 1.82) is 0 Å². The van der Waals surface area contributed by atoms with Crippen LogP contribution in [0, 0.1) is 0 Å². The molecule has 0 fully saturated rings. The van der Waals surface area contributed by atoms with Crippen molar-refractivity contribution < 1.29 is 9.57 Å². The minimum Gasteiger partial charge on any atom is -0.274 e. The van der Waals surface area contributed by atoms with Crippen molar-refractivity contribution in [3.8, 4) is 0 Å². The molecule has 1 heterocycles. The van der Waals surface area contributed by atoms with Crippen LogP contribution in [0.1, 0.15) is 0 Å². The summed E-state index contributed by atoms with van der Waals surface area (Å²) in [6.07, 6.45) is 1.89. The van der Waals surface area contributed by atoms with Crippen LogP contribution in [-0.2, 0) is 0 Å². The van der Waals surface area contributed by atoms with Gasteiger partial charge < -0.3 is 0 Å². The Morgan fingerprint density at radius 3 is 2.92 bits per heavy atom. The van der Waals surface area contributed by atoms with Gasteiger partial charge in [-0.1, -0.05) is 15.9 Å². The van der Waals surface area contributed by atoms with Crippen LogP contribution in [0.15, 0.2) is 41.0 Å². The number of hydrogen-bond donors (Lipinski definition) is 0. The molecule has 0 aliphatic heterocycles. The molecule has 3 heteroatoms. The minimum absolute atomic E-state index is 1.06. The van der Waals surface area contributed by atoms with E-state index in [0.29, 0.717) is 0 Å². The van der Waals surface area contributed by atoms with E-state index in [-0.39, 0.29) is 0 Å². The number of hydrogen-bond acceptors (Lipinski definition) is 1. The van der Waals surface area contributed by atoms with Crippen LogP contribution in [0.4, 0.5) is 0 Å². The Morgan fingerprint density at radius 2 is 2.15 bits per heavy atom. The van der Waals surface area contributed by atoms with E-state index in [0.717, 1.165) is 15.4 Å². The first-order chi connectivity index (χ1) is 6.31. The zero-order valence-electron chi connectivity index (χ0n) is 7.20. The van der Waals surface area contributed by atoms with Crippen molar-refractivity contribution in [2.75, 3.05) is 7.11 Å². The van der Waals surface area contributed by atoms with Crippen molar-refractivity contribution in [2.45, 2.75) is 0 Å². The second-order valence-electron chi connectivity index (χ2n) is 2.72. The summed E-state index contributed by atoms with van der Waals surface area (Å²) in [5.41, 5.74) is 1.06. The zero-order valence-corrected chi connectivity index (χ0v) is 8.78. The highest BCUT2D eigenvalue weighted by molar-refractivity contribution is 9.10. The maximum Gasteiger partial charge on any atom is 0.264 e. The van der Waals surface area contributed by atoms with E-state index in [2.05, 4.69) is 28.1 Å². The monoisotopic (exact) mass is 238 g/mol. The molecule has 13 heavy (non-hydrogen) atoms. The first kappa shape index (κ1) is 8.51. The maximum absolute atomic E-state index is 5.17. The average molecular weight is 239 g/mol. The van der Waals surface area contributed by atoms with E-state index in [1.807, 2.05) is 24.4 Å². The summed E-state index contributed by atoms with van der Waals surface area (Å²) in [7, 11) is 1.65. The van der Waals surface area contributed by atoms with Crippen LogP contribution in [-0.4, -0.2) is 7.11 Å². The van der Waals surface area contributed by atoms with Gasteiger partial charge in [-0.05, 0) is 18.2 Å². The lowest BCUT2D eigenvalue weighted by Gasteiger charge is -1.96. The fraction of sp³-hybridized carbons (Fsp3) is 0.100. The van der Waals surface area contributed by atoms with Crippen LogP contribution >= 0.6 is 15.9 Å². The van der Waals surface area contributed by atoms with Crippen LogP contribution in [0.25, 0.3) is 10.9 Å². The minimum atomic E-state index is 1.06. The van der Waals surface area contributed by atoms with Gasteiger partial charge in [0.15, 0.2) is 0 Å². The average Bonchev–Trinajstić information content (AvgIpc) is 2.16. The maximum atomic E-state index is 5.17. The highest BCUT2D eigenvalue weighted by Crippen LogP contribution is 2.16. The first-order valence-electron chi connectivity index (χ1n) is 3.95. The fourth-order valence-electron chi connectivity index (χ4n) is 1.32. The van der Waals surface area contributed by atoms with Gasteiger partial charge >= 0.3 is 0 Å². The SMILES string of the molecule is CO[n+]1cccc2cc(Br)ccc21. The number of rotatable bonds is 1. The number of benzene rings is 1. The molecule has 0 atom stereocenters. The van der Waals surface area contributed by atoms with Gasteiger partial charge in [-0.25, -0.2) is 0 Å². The van der Waals surface area contributed by atoms with E-state index in [1.165, 1.54) is 0 Å². The Bertz CT molecular complexity index is 442. The van der Waals surface area contributed by atoms with Gasteiger partial charge in [-0.15, -0.1) is 0 Å². The number of fused-ring (bicyclic) bond motifs is 1. The molecule has 2 aromatic rings. The molecule has 0 N–H and O–H groups in total. The number of pyridine rings is 1. The Balaban J connectivity index is 2.77. The van der Waals surface area contributed by atoms with Crippen LogP contribution in [0.3, 0.4) is 0 Å². The summed E-state index contributed by atoms with van der Waals surface area (Å²) in [6.45, 7) is 0. The molecule has 1 aromatic carbocycles. The molecule has 0 bridgehead atoms. The second-order valence-corrected chi connectivity index (χ2v) is 3.64. The Morgan fingerprint density at radius 1 is 1.31 bits per heavy atom. The van der Waals surface area contributed by atoms with Gasteiger partial charge in [0.1, 0.15) is 7.11 Å². The molecule has 0 saturated heterocycles. The number of nitrogens with zero attached hydrogens (tertiary/aromatic N) is 1. The third-order valence-corrected chi connectivity index (χ3v) is 2.41. The van der Waals surface area contributed by atoms with Gasteiger partial charge in [-0.2, -0.15) is 0 Å². The lowest BCUT2D eigenvalue weighted by Crippen LogP contribution is -2.40. The molecule has 0 aliphatic carbocycles. The zero-order chi connectivity index (χ0) is 9.26. The lowest BCUT2D eigenvalue weighted by atomic mass is 10.2. The molecule has 0 radical (unpaired) electrons. The number of aromatic nitrogens is 1. The van der Waals surface area contributed by atoms with Crippen molar-refractivity contribution >= 4 is 26.8 Å². The Labute approximate surface area is 84.8 Å². The topological polar surface area (TPSA) is 13.1 Å².